The van der Waals surface area contributed by atoms with Crippen molar-refractivity contribution in [1.82, 2.24) is 5.32 Å². The molecule has 0 bridgehead atoms. The van der Waals surface area contributed by atoms with Gasteiger partial charge in [0, 0.05) is 38.5 Å². The zero-order valence-corrected chi connectivity index (χ0v) is 26.1. The molecule has 0 aliphatic carbocycles. The number of hydrogen-bond donors (Lipinski definition) is 3. The van der Waals surface area contributed by atoms with Gasteiger partial charge in [0.2, 0.25) is 5.91 Å². The van der Waals surface area contributed by atoms with Crippen LogP contribution in [0.25, 0.3) is 17.4 Å². The molecule has 1 heterocycles. The molecule has 0 saturated carbocycles. The predicted octanol–water partition coefficient (Wildman–Crippen LogP) is 8.44. The third-order valence-corrected chi connectivity index (χ3v) is 8.10. The van der Waals surface area contributed by atoms with Gasteiger partial charge in [-0.05, 0) is 80.1 Å². The summed E-state index contributed by atoms with van der Waals surface area (Å²) in [4.78, 5) is 40.1. The Kier molecular flexibility index (Phi) is 10.2. The number of carbonyl (C=O) groups excluding carboxylic acids is 3. The van der Waals surface area contributed by atoms with Crippen molar-refractivity contribution in [2.24, 2.45) is 0 Å². The first kappa shape index (κ1) is 31.4. The molecule has 5 aromatic rings. The van der Waals surface area contributed by atoms with E-state index in [4.69, 9.17) is 16.0 Å². The SMILES string of the molecule is Cc1ccc(Cl)cc1NC(=O)[C@@H](C)Sc1ccc(NC(=O)/C(=C/c2ccc(-c3ccccc3)o2)NC(=O)c2ccccc2)cc1. The van der Waals surface area contributed by atoms with Crippen LogP contribution in [0.1, 0.15) is 28.6 Å². The van der Waals surface area contributed by atoms with Crippen LogP contribution < -0.4 is 16.0 Å². The molecule has 0 spiro atoms. The van der Waals surface area contributed by atoms with Crippen molar-refractivity contribution < 1.29 is 18.8 Å². The second kappa shape index (κ2) is 14.6. The molecular formula is C36H30ClN3O4S. The molecule has 0 fully saturated rings. The molecule has 0 aliphatic heterocycles. The van der Waals surface area contributed by atoms with E-state index >= 15 is 0 Å². The summed E-state index contributed by atoms with van der Waals surface area (Å²) in [5, 5.41) is 8.65. The number of amides is 3. The summed E-state index contributed by atoms with van der Waals surface area (Å²) in [6, 6.07) is 34.2. The number of thioether (sulfide) groups is 1. The Hall–Kier alpha value is -5.05. The maximum atomic E-state index is 13.4. The Labute approximate surface area is 270 Å². The van der Waals surface area contributed by atoms with Crippen molar-refractivity contribution in [2.45, 2.75) is 24.0 Å². The first-order valence-corrected chi connectivity index (χ1v) is 15.4. The minimum atomic E-state index is -0.526. The van der Waals surface area contributed by atoms with Crippen molar-refractivity contribution in [3.8, 4) is 11.3 Å². The minimum Gasteiger partial charge on any atom is -0.457 e. The van der Waals surface area contributed by atoms with E-state index < -0.39 is 11.8 Å². The van der Waals surface area contributed by atoms with Crippen LogP contribution in [-0.4, -0.2) is 23.0 Å². The standard InChI is InChI=1S/C36H30ClN3O4S/c1-23-13-14-27(37)21-31(23)39-34(41)24(2)45-30-18-15-28(16-19-30)38-36(43)32(40-35(42)26-11-7-4-8-12-26)22-29-17-20-33(44-29)25-9-5-3-6-10-25/h3-22,24H,1-2H3,(H,38,43)(H,39,41)(H,40,42)/b32-22-/t24-/m1/s1. The molecule has 3 amide bonds. The van der Waals surface area contributed by atoms with Crippen molar-refractivity contribution in [2.75, 3.05) is 10.6 Å². The molecule has 4 aromatic carbocycles. The van der Waals surface area contributed by atoms with E-state index in [-0.39, 0.29) is 16.9 Å². The van der Waals surface area contributed by atoms with E-state index in [9.17, 15) is 14.4 Å². The Bertz CT molecular complexity index is 1840. The van der Waals surface area contributed by atoms with E-state index in [1.54, 1.807) is 54.6 Å². The third-order valence-electron chi connectivity index (χ3n) is 6.75. The molecule has 5 rings (SSSR count). The lowest BCUT2D eigenvalue weighted by Gasteiger charge is -2.14. The maximum Gasteiger partial charge on any atom is 0.272 e. The van der Waals surface area contributed by atoms with Crippen LogP contribution in [0.15, 0.2) is 130 Å². The summed E-state index contributed by atoms with van der Waals surface area (Å²) in [7, 11) is 0. The number of hydrogen-bond acceptors (Lipinski definition) is 5. The molecule has 3 N–H and O–H groups in total. The third kappa shape index (κ3) is 8.53. The smallest absolute Gasteiger partial charge is 0.272 e. The number of aryl methyl sites for hydroxylation is 1. The molecule has 0 aliphatic rings. The molecule has 9 heteroatoms. The average Bonchev–Trinajstić information content (AvgIpc) is 3.52. The van der Waals surface area contributed by atoms with Gasteiger partial charge in [-0.15, -0.1) is 11.8 Å². The van der Waals surface area contributed by atoms with E-state index in [2.05, 4.69) is 16.0 Å². The lowest BCUT2D eigenvalue weighted by Crippen LogP contribution is -2.30. The van der Waals surface area contributed by atoms with Crippen LogP contribution in [-0.2, 0) is 9.59 Å². The summed E-state index contributed by atoms with van der Waals surface area (Å²) < 4.78 is 5.96. The lowest BCUT2D eigenvalue weighted by molar-refractivity contribution is -0.115. The molecule has 1 atom stereocenters. The monoisotopic (exact) mass is 635 g/mol. The van der Waals surface area contributed by atoms with E-state index in [1.807, 2.05) is 74.5 Å². The summed E-state index contributed by atoms with van der Waals surface area (Å²) in [5.74, 6) is -0.0742. The normalized spacial score (nSPS) is 11.8. The lowest BCUT2D eigenvalue weighted by atomic mass is 10.2. The summed E-state index contributed by atoms with van der Waals surface area (Å²) >= 11 is 7.47. The van der Waals surface area contributed by atoms with Crippen molar-refractivity contribution in [3.05, 3.63) is 143 Å². The number of nitrogens with one attached hydrogen (secondary N) is 3. The molecule has 0 radical (unpaired) electrons. The van der Waals surface area contributed by atoms with Gasteiger partial charge in [-0.3, -0.25) is 14.4 Å². The van der Waals surface area contributed by atoms with Crippen LogP contribution in [0.2, 0.25) is 5.02 Å². The number of anilines is 2. The molecule has 7 nitrogen and oxygen atoms in total. The van der Waals surface area contributed by atoms with Crippen molar-refractivity contribution >= 4 is 58.5 Å². The largest absolute Gasteiger partial charge is 0.457 e. The van der Waals surface area contributed by atoms with Gasteiger partial charge in [0.25, 0.3) is 11.8 Å². The van der Waals surface area contributed by atoms with Crippen LogP contribution in [0.5, 0.6) is 0 Å². The number of halogens is 1. The van der Waals surface area contributed by atoms with Gasteiger partial charge in [0.15, 0.2) is 0 Å². The Morgan fingerprint density at radius 1 is 0.822 bits per heavy atom. The minimum absolute atomic E-state index is 0.0119. The highest BCUT2D eigenvalue weighted by Crippen LogP contribution is 2.28. The zero-order valence-electron chi connectivity index (χ0n) is 24.5. The quantitative estimate of drug-likeness (QED) is 0.106. The van der Waals surface area contributed by atoms with Gasteiger partial charge in [0.1, 0.15) is 17.2 Å². The van der Waals surface area contributed by atoms with Gasteiger partial charge in [-0.1, -0.05) is 66.2 Å². The second-order valence-electron chi connectivity index (χ2n) is 10.1. The fourth-order valence-electron chi connectivity index (χ4n) is 4.31. The first-order valence-electron chi connectivity index (χ1n) is 14.1. The molecule has 0 unspecified atom stereocenters. The number of carbonyl (C=O) groups is 3. The van der Waals surface area contributed by atoms with Crippen LogP contribution in [0.3, 0.4) is 0 Å². The van der Waals surface area contributed by atoms with Crippen LogP contribution in [0.4, 0.5) is 11.4 Å². The fraction of sp³-hybridized carbons (Fsp3) is 0.0833. The summed E-state index contributed by atoms with van der Waals surface area (Å²) in [6.45, 7) is 3.72. The molecule has 1 aromatic heterocycles. The van der Waals surface area contributed by atoms with Gasteiger partial charge >= 0.3 is 0 Å². The first-order chi connectivity index (χ1) is 21.7. The van der Waals surface area contributed by atoms with Crippen molar-refractivity contribution in [1.29, 1.82) is 0 Å². The Morgan fingerprint density at radius 2 is 1.51 bits per heavy atom. The molecule has 45 heavy (non-hydrogen) atoms. The number of furan rings is 1. The van der Waals surface area contributed by atoms with Gasteiger partial charge in [-0.2, -0.15) is 0 Å². The van der Waals surface area contributed by atoms with Crippen LogP contribution >= 0.6 is 23.4 Å². The number of benzene rings is 4. The van der Waals surface area contributed by atoms with E-state index in [1.165, 1.54) is 17.8 Å². The highest BCUT2D eigenvalue weighted by Gasteiger charge is 2.18. The molecule has 226 valence electrons. The summed E-state index contributed by atoms with van der Waals surface area (Å²) in [5.41, 5.74) is 3.42. The Morgan fingerprint density at radius 3 is 2.22 bits per heavy atom. The van der Waals surface area contributed by atoms with Crippen LogP contribution in [0, 0.1) is 6.92 Å². The van der Waals surface area contributed by atoms with E-state index in [0.29, 0.717) is 33.5 Å². The van der Waals surface area contributed by atoms with Gasteiger partial charge in [0.05, 0.1) is 5.25 Å². The second-order valence-corrected chi connectivity index (χ2v) is 12.0. The van der Waals surface area contributed by atoms with Crippen molar-refractivity contribution in [3.63, 3.8) is 0 Å². The molecular weight excluding hydrogens is 606 g/mol. The van der Waals surface area contributed by atoms with E-state index in [0.717, 1.165) is 16.0 Å². The highest BCUT2D eigenvalue weighted by atomic mass is 35.5. The average molecular weight is 636 g/mol. The maximum absolute atomic E-state index is 13.4. The predicted molar refractivity (Wildman–Crippen MR) is 181 cm³/mol. The zero-order chi connectivity index (χ0) is 31.8. The summed E-state index contributed by atoms with van der Waals surface area (Å²) in [6.07, 6.45) is 1.49. The molecule has 0 saturated heterocycles. The van der Waals surface area contributed by atoms with Gasteiger partial charge in [-0.25, -0.2) is 0 Å². The van der Waals surface area contributed by atoms with Gasteiger partial charge < -0.3 is 20.4 Å². The number of rotatable bonds is 10. The Balaban J connectivity index is 1.28. The highest BCUT2D eigenvalue weighted by molar-refractivity contribution is 8.00. The topological polar surface area (TPSA) is 100 Å². The fourth-order valence-corrected chi connectivity index (χ4v) is 5.35.